The molecule has 40 valence electrons. The molecule has 0 rings (SSSR count). The van der Waals surface area contributed by atoms with E-state index in [1.165, 1.54) is 6.08 Å². The molecule has 0 fully saturated rings. The van der Waals surface area contributed by atoms with Crippen LogP contribution < -0.4 is 0 Å². The number of carbonyl (C=O) groups is 1. The molecule has 1 radical (unpaired) electrons. The van der Waals surface area contributed by atoms with Crippen molar-refractivity contribution in [3.8, 4) is 0 Å². The van der Waals surface area contributed by atoms with E-state index in [9.17, 15) is 4.79 Å². The molecule has 7 heavy (non-hydrogen) atoms. The van der Waals surface area contributed by atoms with Crippen LogP contribution in [0.1, 0.15) is 0 Å². The first-order valence-corrected chi connectivity index (χ1v) is 1.74. The van der Waals surface area contributed by atoms with Crippen LogP contribution in [0.3, 0.4) is 0 Å². The summed E-state index contributed by atoms with van der Waals surface area (Å²) in [7, 11) is 0. The fourth-order valence-electron chi connectivity index (χ4n) is 0. The fraction of sp³-hybridized carbons (Fsp3) is 0. The molecule has 0 aliphatic heterocycles. The molecule has 0 unspecified atom stereocenters. The van der Waals surface area contributed by atoms with E-state index >= 15 is 0 Å². The Morgan fingerprint density at radius 2 is 1.86 bits per heavy atom. The largest absolute Gasteiger partial charge is 0 e. The summed E-state index contributed by atoms with van der Waals surface area (Å²) >= 11 is 2.23. The summed E-state index contributed by atoms with van der Waals surface area (Å²) in [6.45, 7) is 3.18. The third kappa shape index (κ3) is 18.8. The predicted molar refractivity (Wildman–Crippen MR) is 15.2 cm³/mol. The van der Waals surface area contributed by atoms with Crippen molar-refractivity contribution in [3.05, 3.63) is 12.7 Å². The molecule has 0 amide bonds. The topological polar surface area (TPSA) is 17.1 Å². The van der Waals surface area contributed by atoms with Crippen LogP contribution >= 0.6 is 0 Å². The van der Waals surface area contributed by atoms with Gasteiger partial charge in [-0.2, -0.15) is 0 Å². The summed E-state index contributed by atoms with van der Waals surface area (Å²) in [5.74, 6) is 0. The fourth-order valence-corrected chi connectivity index (χ4v) is 0. The standard InChI is InChI=1S/C3H3O.Cr.Mo.Re/c1-2-3-4;;;/h2H,1H2;;;. The molecule has 0 aliphatic carbocycles. The predicted octanol–water partition coefficient (Wildman–Crippen LogP) is 0.241. The van der Waals surface area contributed by atoms with Crippen molar-refractivity contribution in [1.29, 1.82) is 0 Å². The first-order valence-electron chi connectivity index (χ1n) is 1.11. The maximum Gasteiger partial charge on any atom is 0 e. The smallest absolute Gasteiger partial charge is 0 e. The van der Waals surface area contributed by atoms with E-state index in [-0.39, 0.29) is 46.1 Å². The van der Waals surface area contributed by atoms with Crippen molar-refractivity contribution in [3.63, 3.8) is 0 Å². The normalized spacial score (nSPS) is 4.57. The molecule has 1 nitrogen and oxygen atoms in total. The van der Waals surface area contributed by atoms with Gasteiger partial charge < -0.3 is 0 Å². The minimum atomic E-state index is -0.106. The summed E-state index contributed by atoms with van der Waals surface area (Å²) in [6, 6.07) is 0. The van der Waals surface area contributed by atoms with Crippen LogP contribution in [0, 0.1) is 0 Å². The average molecular weight is 389 g/mol. The van der Waals surface area contributed by atoms with Gasteiger partial charge in [-0.3, -0.25) is 0 Å². The van der Waals surface area contributed by atoms with Crippen LogP contribution in [0.15, 0.2) is 12.7 Å². The third-order valence-electron chi connectivity index (χ3n) is 0.167. The van der Waals surface area contributed by atoms with E-state index < -0.39 is 0 Å². The summed E-state index contributed by atoms with van der Waals surface area (Å²) in [4.78, 5) is 9.64. The Morgan fingerprint density at radius 1 is 1.71 bits per heavy atom. The van der Waals surface area contributed by atoms with Crippen molar-refractivity contribution in [2.45, 2.75) is 0 Å². The summed E-state index contributed by atoms with van der Waals surface area (Å²) in [6.07, 6.45) is 1.22. The van der Waals surface area contributed by atoms with Crippen LogP contribution in [-0.4, -0.2) is 4.65 Å². The van der Waals surface area contributed by atoms with Gasteiger partial charge in [0, 0.05) is 41.5 Å². The number of allylic oxidation sites excluding steroid dienone is 1. The molecule has 0 aromatic rings. The van der Waals surface area contributed by atoms with Gasteiger partial charge in [-0.25, -0.2) is 0 Å². The summed E-state index contributed by atoms with van der Waals surface area (Å²) < 4.78 is -0.106. The maximum absolute atomic E-state index is 9.64. The van der Waals surface area contributed by atoms with E-state index in [4.69, 9.17) is 0 Å². The van der Waals surface area contributed by atoms with Gasteiger partial charge >= 0.3 is 38.4 Å². The molecule has 0 bridgehead atoms. The van der Waals surface area contributed by atoms with Gasteiger partial charge in [0.2, 0.25) is 0 Å². The van der Waals surface area contributed by atoms with Crippen molar-refractivity contribution in [2.24, 2.45) is 0 Å². The van der Waals surface area contributed by atoms with E-state index in [1.807, 2.05) is 0 Å². The van der Waals surface area contributed by atoms with Crippen LogP contribution in [0.25, 0.3) is 0 Å². The minimum Gasteiger partial charge on any atom is 0 e. The van der Waals surface area contributed by atoms with Crippen LogP contribution in [0.2, 0.25) is 0 Å². The van der Waals surface area contributed by atoms with Gasteiger partial charge in [-0.1, -0.05) is 0 Å². The van der Waals surface area contributed by atoms with Crippen LogP contribution in [0.5, 0.6) is 0 Å². The molecular weight excluding hydrogens is 386 g/mol. The molecule has 0 aromatic carbocycles. The SMILES string of the molecule is C=C[C](=O)[Cr].[Mo].[Re]. The molecule has 0 atom stereocenters. The van der Waals surface area contributed by atoms with E-state index in [0.29, 0.717) is 0 Å². The zero-order valence-electron chi connectivity index (χ0n) is 3.39. The van der Waals surface area contributed by atoms with Gasteiger partial charge in [0.1, 0.15) is 0 Å². The number of hydrogen-bond acceptors (Lipinski definition) is 1. The summed E-state index contributed by atoms with van der Waals surface area (Å²) in [5.41, 5.74) is 0. The van der Waals surface area contributed by atoms with E-state index in [0.717, 1.165) is 0 Å². The average Bonchev–Trinajstić information content (AvgIpc) is 1.38. The zero-order valence-corrected chi connectivity index (χ0v) is 9.38. The maximum atomic E-state index is 9.64. The van der Waals surface area contributed by atoms with Gasteiger partial charge in [0.05, 0.1) is 0 Å². The Kier molecular flexibility index (Phi) is 23.2. The Morgan fingerprint density at radius 3 is 1.86 bits per heavy atom. The van der Waals surface area contributed by atoms with Crippen molar-refractivity contribution in [1.82, 2.24) is 0 Å². The number of hydrogen-bond donors (Lipinski definition) is 0. The second-order valence-electron chi connectivity index (χ2n) is 0.523. The molecule has 0 heterocycles. The van der Waals surface area contributed by atoms with Gasteiger partial charge in [0.15, 0.2) is 0 Å². The molecule has 0 saturated carbocycles. The Bertz CT molecular complexity index is 66.0. The molecular formula is C3H3CrMoORe. The molecule has 0 saturated heterocycles. The number of carbonyl (C=O) groups excluding carboxylic acids is 1. The van der Waals surface area contributed by atoms with Gasteiger partial charge in [0.25, 0.3) is 0 Å². The van der Waals surface area contributed by atoms with Crippen molar-refractivity contribution in [2.75, 3.05) is 0 Å². The van der Waals surface area contributed by atoms with Crippen LogP contribution in [0.4, 0.5) is 0 Å². The third-order valence-corrected chi connectivity index (χ3v) is 0.427. The first kappa shape index (κ1) is 15.7. The summed E-state index contributed by atoms with van der Waals surface area (Å²) in [5, 5.41) is 0. The Labute approximate surface area is 79.3 Å². The zero-order chi connectivity index (χ0) is 4.28. The quantitative estimate of drug-likeness (QED) is 0.464. The van der Waals surface area contributed by atoms with Gasteiger partial charge in [-0.15, -0.1) is 0 Å². The Hall–Kier alpha value is 1.29. The minimum absolute atomic E-state index is 0. The molecule has 0 aliphatic rings. The Balaban J connectivity index is -0.0000000800. The van der Waals surface area contributed by atoms with Crippen LogP contribution in [-0.2, 0) is 62.6 Å². The second kappa shape index (κ2) is 10.3. The molecule has 0 spiro atoms. The number of rotatable bonds is 1. The van der Waals surface area contributed by atoms with Gasteiger partial charge in [-0.05, 0) is 0 Å². The monoisotopic (exact) mass is 392 g/mol. The molecule has 0 aromatic heterocycles. The van der Waals surface area contributed by atoms with Crippen molar-refractivity contribution >= 4 is 4.65 Å². The molecule has 0 N–H and O–H groups in total. The second-order valence-corrected chi connectivity index (χ2v) is 1.15. The van der Waals surface area contributed by atoms with E-state index in [1.54, 1.807) is 0 Å². The molecule has 4 heteroatoms. The van der Waals surface area contributed by atoms with E-state index in [2.05, 4.69) is 22.9 Å². The first-order chi connectivity index (χ1) is 2.27. The van der Waals surface area contributed by atoms with Crippen molar-refractivity contribution < 1.29 is 62.6 Å².